The van der Waals surface area contributed by atoms with Gasteiger partial charge in [0, 0.05) is 18.0 Å². The predicted octanol–water partition coefficient (Wildman–Crippen LogP) is 3.34. The molecule has 0 spiro atoms. The summed E-state index contributed by atoms with van der Waals surface area (Å²) in [6.07, 6.45) is 0.685. The molecule has 0 N–H and O–H groups in total. The van der Waals surface area contributed by atoms with Crippen molar-refractivity contribution < 1.29 is 13.7 Å². The molecule has 0 aromatic heterocycles. The average molecular weight is 364 g/mol. The summed E-state index contributed by atoms with van der Waals surface area (Å²) in [7, 11) is -1.24. The summed E-state index contributed by atoms with van der Waals surface area (Å²) in [6, 6.07) is 9.04. The van der Waals surface area contributed by atoms with Crippen LogP contribution in [0.2, 0.25) is 0 Å². The molecule has 0 amide bonds. The van der Waals surface area contributed by atoms with Crippen molar-refractivity contribution in [3.8, 4) is 0 Å². The highest BCUT2D eigenvalue weighted by molar-refractivity contribution is 7.84. The minimum atomic E-state index is -1.24. The molecule has 0 radical (unpaired) electrons. The largest absolute Gasteiger partial charge is 0.461 e. The summed E-state index contributed by atoms with van der Waals surface area (Å²) in [5, 5.41) is 3.45. The molecule has 1 aromatic carbocycles. The van der Waals surface area contributed by atoms with E-state index in [2.05, 4.69) is 10.0 Å². The summed E-state index contributed by atoms with van der Waals surface area (Å²) in [4.78, 5) is 14.6. The van der Waals surface area contributed by atoms with Crippen LogP contribution >= 0.6 is 0 Å². The number of hydrogen-bond acceptors (Lipinski definition) is 4. The second-order valence-corrected chi connectivity index (χ2v) is 9.27. The van der Waals surface area contributed by atoms with E-state index < -0.39 is 27.7 Å². The van der Waals surface area contributed by atoms with Crippen molar-refractivity contribution in [2.75, 3.05) is 6.54 Å². The molecule has 1 aromatic rings. The van der Waals surface area contributed by atoms with E-state index in [-0.39, 0.29) is 6.10 Å². The fourth-order valence-electron chi connectivity index (χ4n) is 2.65. The van der Waals surface area contributed by atoms with Crippen LogP contribution in [0.15, 0.2) is 35.4 Å². The first kappa shape index (κ1) is 19.4. The van der Waals surface area contributed by atoms with E-state index in [1.165, 1.54) is 0 Å². The van der Waals surface area contributed by atoms with E-state index in [9.17, 15) is 9.00 Å². The van der Waals surface area contributed by atoms with Crippen molar-refractivity contribution in [2.45, 2.75) is 57.1 Å². The molecule has 1 heterocycles. The highest BCUT2D eigenvalue weighted by atomic mass is 32.2. The fourth-order valence-corrected chi connectivity index (χ4v) is 3.99. The van der Waals surface area contributed by atoms with Gasteiger partial charge in [0.1, 0.15) is 23.1 Å². The number of cyclic esters (lactones) is 1. The maximum atomic E-state index is 12.9. The number of carbonyl (C=O) groups is 1. The molecule has 25 heavy (non-hydrogen) atoms. The van der Waals surface area contributed by atoms with Crippen LogP contribution < -0.4 is 0 Å². The van der Waals surface area contributed by atoms with Gasteiger partial charge in [-0.15, -0.1) is 0 Å². The van der Waals surface area contributed by atoms with Crippen LogP contribution in [0.5, 0.6) is 0 Å². The van der Waals surface area contributed by atoms with Crippen LogP contribution in [0.1, 0.15) is 39.2 Å². The number of azide groups is 1. The van der Waals surface area contributed by atoms with Crippen molar-refractivity contribution in [3.63, 3.8) is 0 Å². The Morgan fingerprint density at radius 2 is 2.00 bits per heavy atom. The molecule has 0 saturated carbocycles. The van der Waals surface area contributed by atoms with Crippen LogP contribution in [-0.2, 0) is 27.1 Å². The number of ether oxygens (including phenoxy) is 1. The molecule has 7 nitrogen and oxygen atoms in total. The van der Waals surface area contributed by atoms with Gasteiger partial charge >= 0.3 is 5.97 Å². The maximum absolute atomic E-state index is 12.9. The zero-order valence-electron chi connectivity index (χ0n) is 14.8. The van der Waals surface area contributed by atoms with Crippen molar-refractivity contribution in [1.29, 1.82) is 0 Å². The van der Waals surface area contributed by atoms with E-state index in [1.54, 1.807) is 0 Å². The Morgan fingerprint density at radius 3 is 2.56 bits per heavy atom. The minimum absolute atomic E-state index is 0.354. The third-order valence-electron chi connectivity index (χ3n) is 3.88. The normalized spacial score (nSPS) is 22.2. The molecule has 2 rings (SSSR count). The molecular weight excluding hydrogens is 340 g/mol. The van der Waals surface area contributed by atoms with Gasteiger partial charge in [-0.25, -0.2) is 8.51 Å². The monoisotopic (exact) mass is 364 g/mol. The van der Waals surface area contributed by atoms with Gasteiger partial charge in [-0.2, -0.15) is 0 Å². The van der Waals surface area contributed by atoms with Crippen LogP contribution in [0.25, 0.3) is 10.4 Å². The fraction of sp³-hybridized carbons (Fsp3) is 0.588. The first-order valence-corrected chi connectivity index (χ1v) is 9.37. The number of rotatable bonds is 6. The standard InChI is InChI=1S/C17H24N4O3S/c1-17(2,3)25(23)21(11-13-7-5-4-6-8-13)12-14-9-10-15(19-20-18)16(22)24-14/h4-8,14-15H,9-12H2,1-3H3/t14-,15?,25?/m0/s1. The number of carbonyl (C=O) groups excluding carboxylic acids is 1. The lowest BCUT2D eigenvalue weighted by Crippen LogP contribution is -2.45. The highest BCUT2D eigenvalue weighted by Gasteiger charge is 2.33. The second kappa shape index (κ2) is 8.47. The van der Waals surface area contributed by atoms with Gasteiger partial charge in [-0.3, -0.25) is 4.79 Å². The molecular formula is C17H24N4O3S. The second-order valence-electron chi connectivity index (χ2n) is 7.03. The summed E-state index contributed by atoms with van der Waals surface area (Å²) in [5.74, 6) is -0.504. The minimum Gasteiger partial charge on any atom is -0.461 e. The van der Waals surface area contributed by atoms with Gasteiger partial charge in [-0.05, 0) is 44.7 Å². The molecule has 2 unspecified atom stereocenters. The lowest BCUT2D eigenvalue weighted by molar-refractivity contribution is -0.156. The molecule has 1 fully saturated rings. The summed E-state index contributed by atoms with van der Waals surface area (Å²) >= 11 is 0. The third-order valence-corrected chi connectivity index (χ3v) is 5.67. The summed E-state index contributed by atoms with van der Waals surface area (Å²) in [6.45, 7) is 6.66. The Labute approximate surface area is 150 Å². The third kappa shape index (κ3) is 5.56. The van der Waals surface area contributed by atoms with Crippen LogP contribution in [-0.4, -0.2) is 37.9 Å². The molecule has 0 aliphatic carbocycles. The van der Waals surface area contributed by atoms with Crippen LogP contribution in [0.3, 0.4) is 0 Å². The van der Waals surface area contributed by atoms with E-state index in [0.29, 0.717) is 25.9 Å². The van der Waals surface area contributed by atoms with Gasteiger partial charge in [0.15, 0.2) is 0 Å². The number of benzene rings is 1. The summed E-state index contributed by atoms with van der Waals surface area (Å²) < 4.78 is 19.8. The Balaban J connectivity index is 2.10. The Bertz CT molecular complexity index is 668. The lowest BCUT2D eigenvalue weighted by Gasteiger charge is -2.33. The topological polar surface area (TPSA) is 95.4 Å². The average Bonchev–Trinajstić information content (AvgIpc) is 2.56. The quantitative estimate of drug-likeness (QED) is 0.335. The Morgan fingerprint density at radius 1 is 1.32 bits per heavy atom. The molecule has 8 heteroatoms. The maximum Gasteiger partial charge on any atom is 0.315 e. The summed E-state index contributed by atoms with van der Waals surface area (Å²) in [5.41, 5.74) is 9.53. The highest BCUT2D eigenvalue weighted by Crippen LogP contribution is 2.23. The van der Waals surface area contributed by atoms with E-state index in [0.717, 1.165) is 5.56 Å². The van der Waals surface area contributed by atoms with E-state index >= 15 is 0 Å². The molecule has 3 atom stereocenters. The zero-order valence-corrected chi connectivity index (χ0v) is 15.6. The molecule has 1 aliphatic heterocycles. The lowest BCUT2D eigenvalue weighted by atomic mass is 10.0. The van der Waals surface area contributed by atoms with Gasteiger partial charge in [0.25, 0.3) is 0 Å². The van der Waals surface area contributed by atoms with Crippen molar-refractivity contribution in [3.05, 3.63) is 46.3 Å². The number of esters is 1. The number of nitrogens with zero attached hydrogens (tertiary/aromatic N) is 4. The Hall–Kier alpha value is -1.89. The van der Waals surface area contributed by atoms with Crippen molar-refractivity contribution in [2.24, 2.45) is 5.11 Å². The van der Waals surface area contributed by atoms with Gasteiger partial charge < -0.3 is 4.74 Å². The van der Waals surface area contributed by atoms with Crippen molar-refractivity contribution in [1.82, 2.24) is 4.31 Å². The van der Waals surface area contributed by atoms with Gasteiger partial charge in [0.05, 0.1) is 4.75 Å². The van der Waals surface area contributed by atoms with Gasteiger partial charge in [-0.1, -0.05) is 35.4 Å². The van der Waals surface area contributed by atoms with E-state index in [1.807, 2.05) is 55.4 Å². The molecule has 0 bridgehead atoms. The van der Waals surface area contributed by atoms with Crippen LogP contribution in [0, 0.1) is 0 Å². The first-order chi connectivity index (χ1) is 11.8. The van der Waals surface area contributed by atoms with E-state index in [4.69, 9.17) is 10.3 Å². The number of hydrogen-bond donors (Lipinski definition) is 0. The molecule has 1 saturated heterocycles. The molecule has 136 valence electrons. The van der Waals surface area contributed by atoms with Gasteiger partial charge in [0.2, 0.25) is 0 Å². The van der Waals surface area contributed by atoms with Crippen molar-refractivity contribution >= 4 is 17.0 Å². The SMILES string of the molecule is CC(C)(C)S(=O)N(Cc1ccccc1)C[C@@H]1CCC(N=[N+]=[N-])C(=O)O1. The predicted molar refractivity (Wildman–Crippen MR) is 96.8 cm³/mol. The zero-order chi connectivity index (χ0) is 18.4. The van der Waals surface area contributed by atoms with Crippen LogP contribution in [0.4, 0.5) is 0 Å². The first-order valence-electron chi connectivity index (χ1n) is 8.27. The molecule has 1 aliphatic rings. The Kier molecular flexibility index (Phi) is 6.58. The smallest absolute Gasteiger partial charge is 0.315 e.